The predicted molar refractivity (Wildman–Crippen MR) is 79.2 cm³/mol. The number of urea groups is 1. The lowest BCUT2D eigenvalue weighted by Gasteiger charge is -2.54. The SMILES string of the molecule is O=C(NC1C=CC=CC1)NC1C2CC3CC(C2)CC1C3. The maximum Gasteiger partial charge on any atom is 0.315 e. The van der Waals surface area contributed by atoms with Crippen LogP contribution in [0.1, 0.15) is 38.5 Å². The van der Waals surface area contributed by atoms with E-state index in [1.54, 1.807) is 0 Å². The highest BCUT2D eigenvalue weighted by Gasteiger charge is 2.48. The Labute approximate surface area is 120 Å². The van der Waals surface area contributed by atoms with Gasteiger partial charge in [-0.2, -0.15) is 0 Å². The minimum Gasteiger partial charge on any atom is -0.335 e. The van der Waals surface area contributed by atoms with Gasteiger partial charge in [0.25, 0.3) is 0 Å². The molecule has 0 aromatic heterocycles. The van der Waals surface area contributed by atoms with E-state index in [0.717, 1.165) is 30.1 Å². The van der Waals surface area contributed by atoms with Gasteiger partial charge in [-0.3, -0.25) is 0 Å². The van der Waals surface area contributed by atoms with Gasteiger partial charge >= 0.3 is 6.03 Å². The van der Waals surface area contributed by atoms with E-state index >= 15 is 0 Å². The van der Waals surface area contributed by atoms with Gasteiger partial charge in [-0.15, -0.1) is 0 Å². The highest BCUT2D eigenvalue weighted by Crippen LogP contribution is 2.53. The third-order valence-corrected chi connectivity index (χ3v) is 5.82. The molecule has 20 heavy (non-hydrogen) atoms. The molecule has 1 unspecified atom stereocenters. The van der Waals surface area contributed by atoms with Gasteiger partial charge in [0, 0.05) is 6.04 Å². The van der Waals surface area contributed by atoms with Crippen molar-refractivity contribution < 1.29 is 4.79 Å². The quantitative estimate of drug-likeness (QED) is 0.797. The van der Waals surface area contributed by atoms with Crippen LogP contribution in [0.15, 0.2) is 24.3 Å². The second kappa shape index (κ2) is 4.94. The molecule has 2 N–H and O–H groups in total. The van der Waals surface area contributed by atoms with Crippen molar-refractivity contribution in [3.8, 4) is 0 Å². The summed E-state index contributed by atoms with van der Waals surface area (Å²) in [7, 11) is 0. The highest BCUT2D eigenvalue weighted by atomic mass is 16.2. The van der Waals surface area contributed by atoms with Gasteiger partial charge in [-0.25, -0.2) is 4.79 Å². The molecule has 5 aliphatic rings. The summed E-state index contributed by atoms with van der Waals surface area (Å²) in [6.45, 7) is 0. The first-order valence-corrected chi connectivity index (χ1v) is 8.18. The van der Waals surface area contributed by atoms with Crippen molar-refractivity contribution in [3.63, 3.8) is 0 Å². The molecule has 0 spiro atoms. The van der Waals surface area contributed by atoms with Crippen molar-refractivity contribution >= 4 is 6.03 Å². The number of allylic oxidation sites excluding steroid dienone is 2. The van der Waals surface area contributed by atoms with Crippen LogP contribution in [0, 0.1) is 23.7 Å². The minimum absolute atomic E-state index is 0.0347. The van der Waals surface area contributed by atoms with Crippen LogP contribution in [0.4, 0.5) is 4.79 Å². The van der Waals surface area contributed by atoms with Gasteiger partial charge in [0.15, 0.2) is 0 Å². The van der Waals surface area contributed by atoms with Crippen LogP contribution in [0.25, 0.3) is 0 Å². The van der Waals surface area contributed by atoms with E-state index in [1.165, 1.54) is 32.1 Å². The molecular formula is C17H24N2O. The molecule has 0 saturated heterocycles. The van der Waals surface area contributed by atoms with E-state index in [-0.39, 0.29) is 12.1 Å². The molecule has 4 saturated carbocycles. The van der Waals surface area contributed by atoms with Gasteiger partial charge in [0.05, 0.1) is 6.04 Å². The number of carbonyl (C=O) groups is 1. The maximum absolute atomic E-state index is 12.2. The van der Waals surface area contributed by atoms with Crippen molar-refractivity contribution in [2.75, 3.05) is 0 Å². The number of carbonyl (C=O) groups excluding carboxylic acids is 1. The lowest BCUT2D eigenvalue weighted by molar-refractivity contribution is -0.00947. The largest absolute Gasteiger partial charge is 0.335 e. The average Bonchev–Trinajstić information content (AvgIpc) is 2.43. The number of nitrogens with one attached hydrogen (secondary N) is 2. The van der Waals surface area contributed by atoms with Crippen LogP contribution >= 0.6 is 0 Å². The summed E-state index contributed by atoms with van der Waals surface area (Å²) in [6.07, 6.45) is 16.0. The van der Waals surface area contributed by atoms with E-state index in [4.69, 9.17) is 0 Å². The fraction of sp³-hybridized carbons (Fsp3) is 0.706. The van der Waals surface area contributed by atoms with Crippen molar-refractivity contribution in [2.45, 2.75) is 50.6 Å². The summed E-state index contributed by atoms with van der Waals surface area (Å²) in [5, 5.41) is 6.39. The zero-order valence-corrected chi connectivity index (χ0v) is 11.9. The number of amides is 2. The first-order valence-electron chi connectivity index (χ1n) is 8.18. The summed E-state index contributed by atoms with van der Waals surface area (Å²) in [5.74, 6) is 3.42. The Bertz CT molecular complexity index is 426. The fourth-order valence-electron chi connectivity index (χ4n) is 5.21. The van der Waals surface area contributed by atoms with Gasteiger partial charge in [-0.1, -0.05) is 24.3 Å². The molecule has 0 aromatic rings. The number of rotatable bonds is 2. The third-order valence-electron chi connectivity index (χ3n) is 5.82. The minimum atomic E-state index is 0.0347. The Hall–Kier alpha value is -1.25. The molecule has 2 amide bonds. The molecule has 0 radical (unpaired) electrons. The van der Waals surface area contributed by atoms with Gasteiger partial charge < -0.3 is 10.6 Å². The molecule has 108 valence electrons. The molecule has 5 rings (SSSR count). The first-order chi connectivity index (χ1) is 9.78. The zero-order valence-electron chi connectivity index (χ0n) is 11.9. The molecule has 0 aromatic carbocycles. The van der Waals surface area contributed by atoms with Crippen molar-refractivity contribution in [3.05, 3.63) is 24.3 Å². The molecule has 3 heteroatoms. The number of hydrogen-bond donors (Lipinski definition) is 2. The molecule has 0 heterocycles. The average molecular weight is 272 g/mol. The Morgan fingerprint density at radius 1 is 0.900 bits per heavy atom. The van der Waals surface area contributed by atoms with E-state index in [2.05, 4.69) is 22.8 Å². The van der Waals surface area contributed by atoms with Crippen LogP contribution in [0.3, 0.4) is 0 Å². The first kappa shape index (κ1) is 12.5. The molecule has 0 aliphatic heterocycles. The van der Waals surface area contributed by atoms with Crippen LogP contribution in [-0.4, -0.2) is 18.1 Å². The molecule has 5 aliphatic carbocycles. The highest BCUT2D eigenvalue weighted by molar-refractivity contribution is 5.75. The van der Waals surface area contributed by atoms with Crippen molar-refractivity contribution in [1.29, 1.82) is 0 Å². The lowest BCUT2D eigenvalue weighted by atomic mass is 9.54. The molecular weight excluding hydrogens is 248 g/mol. The van der Waals surface area contributed by atoms with Crippen LogP contribution < -0.4 is 10.6 Å². The topological polar surface area (TPSA) is 41.1 Å². The predicted octanol–water partition coefficient (Wildman–Crippen LogP) is 3.00. The molecule has 4 bridgehead atoms. The van der Waals surface area contributed by atoms with Crippen molar-refractivity contribution in [2.24, 2.45) is 23.7 Å². The number of hydrogen-bond acceptors (Lipinski definition) is 1. The molecule has 1 atom stereocenters. The lowest BCUT2D eigenvalue weighted by Crippen LogP contribution is -2.58. The third kappa shape index (κ3) is 2.27. The monoisotopic (exact) mass is 272 g/mol. The normalized spacial score (nSPS) is 44.6. The summed E-state index contributed by atoms with van der Waals surface area (Å²) in [4.78, 5) is 12.2. The van der Waals surface area contributed by atoms with E-state index < -0.39 is 0 Å². The van der Waals surface area contributed by atoms with Gasteiger partial charge in [0.1, 0.15) is 0 Å². The second-order valence-electron chi connectivity index (χ2n) is 7.23. The zero-order chi connectivity index (χ0) is 13.5. The van der Waals surface area contributed by atoms with Crippen LogP contribution in [-0.2, 0) is 0 Å². The maximum atomic E-state index is 12.2. The summed E-state index contributed by atoms with van der Waals surface area (Å²) >= 11 is 0. The molecule has 3 nitrogen and oxygen atoms in total. The standard InChI is InChI=1S/C17H24N2O/c20-17(18-15-4-2-1-3-5-15)19-16-13-7-11-6-12(9-13)10-14(16)8-11/h1-4,11-16H,5-10H2,(H2,18,19,20). The smallest absolute Gasteiger partial charge is 0.315 e. The van der Waals surface area contributed by atoms with Crippen molar-refractivity contribution in [1.82, 2.24) is 10.6 Å². The van der Waals surface area contributed by atoms with Gasteiger partial charge in [-0.05, 0) is 62.2 Å². The Kier molecular flexibility index (Phi) is 3.08. The summed E-state index contributed by atoms with van der Waals surface area (Å²) in [6, 6.07) is 0.634. The van der Waals surface area contributed by atoms with Crippen LogP contribution in [0.5, 0.6) is 0 Å². The molecule has 4 fully saturated rings. The summed E-state index contributed by atoms with van der Waals surface area (Å²) in [5.41, 5.74) is 0. The fourth-order valence-corrected chi connectivity index (χ4v) is 5.21. The van der Waals surface area contributed by atoms with E-state index in [0.29, 0.717) is 6.04 Å². The van der Waals surface area contributed by atoms with E-state index in [9.17, 15) is 4.79 Å². The Morgan fingerprint density at radius 3 is 2.20 bits per heavy atom. The summed E-state index contributed by atoms with van der Waals surface area (Å²) < 4.78 is 0. The van der Waals surface area contributed by atoms with E-state index in [1.807, 2.05) is 12.2 Å². The van der Waals surface area contributed by atoms with Gasteiger partial charge in [0.2, 0.25) is 0 Å². The second-order valence-corrected chi connectivity index (χ2v) is 7.23. The Balaban J connectivity index is 1.36. The van der Waals surface area contributed by atoms with Crippen LogP contribution in [0.2, 0.25) is 0 Å². The Morgan fingerprint density at radius 2 is 1.60 bits per heavy atom.